The topological polar surface area (TPSA) is 60.2 Å². The molecule has 1 aromatic heterocycles. The van der Waals surface area contributed by atoms with Crippen LogP contribution in [-0.4, -0.2) is 29.8 Å². The van der Waals surface area contributed by atoms with Gasteiger partial charge in [0.15, 0.2) is 0 Å². The first-order chi connectivity index (χ1) is 9.09. The van der Waals surface area contributed by atoms with Crippen LogP contribution in [0.15, 0.2) is 4.52 Å². The molecular weight excluding hydrogens is 242 g/mol. The van der Waals surface area contributed by atoms with E-state index in [1.165, 1.54) is 0 Å². The zero-order chi connectivity index (χ0) is 14.3. The van der Waals surface area contributed by atoms with E-state index >= 15 is 0 Å². The Kier molecular flexibility index (Phi) is 6.45. The Balaban J connectivity index is 2.75. The number of likely N-dealkylation sites (N-methyl/N-ethyl adjacent to an activating group) is 1. The predicted molar refractivity (Wildman–Crippen MR) is 75.0 cm³/mol. The lowest BCUT2D eigenvalue weighted by Crippen LogP contribution is -2.28. The minimum absolute atomic E-state index is 0.387. The number of hydrogen-bond acceptors (Lipinski definition) is 5. The van der Waals surface area contributed by atoms with E-state index in [4.69, 9.17) is 9.26 Å². The Morgan fingerprint density at radius 3 is 2.63 bits per heavy atom. The number of hydrogen-bond donors (Lipinski definition) is 1. The predicted octanol–water partition coefficient (Wildman–Crippen LogP) is 2.66. The van der Waals surface area contributed by atoms with E-state index in [-0.39, 0.29) is 0 Å². The Hall–Kier alpha value is -0.940. The second-order valence-corrected chi connectivity index (χ2v) is 5.01. The molecule has 1 heterocycles. The fourth-order valence-electron chi connectivity index (χ4n) is 2.10. The first-order valence-corrected chi connectivity index (χ1v) is 7.23. The van der Waals surface area contributed by atoms with Gasteiger partial charge in [0.2, 0.25) is 11.7 Å². The summed E-state index contributed by atoms with van der Waals surface area (Å²) < 4.78 is 11.1. The summed E-state index contributed by atoms with van der Waals surface area (Å²) in [6.07, 6.45) is 3.83. The zero-order valence-corrected chi connectivity index (χ0v) is 12.8. The molecule has 0 saturated heterocycles. The third kappa shape index (κ3) is 4.28. The van der Waals surface area contributed by atoms with Crippen LogP contribution >= 0.6 is 0 Å². The minimum Gasteiger partial charge on any atom is -0.367 e. The van der Waals surface area contributed by atoms with Crippen LogP contribution in [0.5, 0.6) is 0 Å². The van der Waals surface area contributed by atoms with Crippen molar-refractivity contribution in [2.75, 3.05) is 13.7 Å². The minimum atomic E-state index is -0.448. The van der Waals surface area contributed by atoms with Crippen LogP contribution < -0.4 is 5.32 Å². The molecule has 0 aliphatic carbocycles. The van der Waals surface area contributed by atoms with Crippen molar-refractivity contribution in [3.8, 4) is 0 Å². The molecule has 19 heavy (non-hydrogen) atoms. The van der Waals surface area contributed by atoms with Crippen molar-refractivity contribution in [2.45, 2.75) is 65.0 Å². The summed E-state index contributed by atoms with van der Waals surface area (Å²) in [5.74, 6) is 1.33. The van der Waals surface area contributed by atoms with Crippen molar-refractivity contribution in [2.24, 2.45) is 0 Å². The van der Waals surface area contributed by atoms with Crippen LogP contribution in [0, 0.1) is 0 Å². The Bertz CT molecular complexity index is 367. The molecule has 2 atom stereocenters. The standard InChI is InChI=1S/C14H27N3O2/c1-6-9-11(15-5)10-12-16-13(17-19-12)14(4,7-2)18-8-3/h11,15H,6-10H2,1-5H3. The Morgan fingerprint density at radius 2 is 2.11 bits per heavy atom. The van der Waals surface area contributed by atoms with Gasteiger partial charge in [-0.1, -0.05) is 25.4 Å². The van der Waals surface area contributed by atoms with Crippen LogP contribution in [0.25, 0.3) is 0 Å². The zero-order valence-electron chi connectivity index (χ0n) is 12.8. The van der Waals surface area contributed by atoms with Gasteiger partial charge < -0.3 is 14.6 Å². The molecule has 1 aromatic rings. The van der Waals surface area contributed by atoms with Gasteiger partial charge in [0.05, 0.1) is 0 Å². The van der Waals surface area contributed by atoms with Gasteiger partial charge in [0, 0.05) is 19.1 Å². The lowest BCUT2D eigenvalue weighted by Gasteiger charge is -2.23. The van der Waals surface area contributed by atoms with E-state index in [0.717, 1.165) is 25.7 Å². The fourth-order valence-corrected chi connectivity index (χ4v) is 2.10. The van der Waals surface area contributed by atoms with Gasteiger partial charge in [-0.05, 0) is 33.7 Å². The number of aromatic nitrogens is 2. The molecule has 0 radical (unpaired) electrons. The van der Waals surface area contributed by atoms with Gasteiger partial charge in [-0.25, -0.2) is 0 Å². The molecule has 0 fully saturated rings. The number of nitrogens with one attached hydrogen (secondary N) is 1. The van der Waals surface area contributed by atoms with Crippen molar-refractivity contribution < 1.29 is 9.26 Å². The maximum absolute atomic E-state index is 5.76. The van der Waals surface area contributed by atoms with E-state index in [1.54, 1.807) is 0 Å². The Morgan fingerprint density at radius 1 is 1.37 bits per heavy atom. The van der Waals surface area contributed by atoms with E-state index < -0.39 is 5.60 Å². The molecule has 1 N–H and O–H groups in total. The second kappa shape index (κ2) is 7.60. The molecule has 0 spiro atoms. The molecule has 5 heteroatoms. The van der Waals surface area contributed by atoms with Crippen LogP contribution in [0.3, 0.4) is 0 Å². The van der Waals surface area contributed by atoms with Gasteiger partial charge in [-0.3, -0.25) is 0 Å². The summed E-state index contributed by atoms with van der Waals surface area (Å²) in [5, 5.41) is 7.37. The molecule has 110 valence electrons. The lowest BCUT2D eigenvalue weighted by atomic mass is 10.0. The molecule has 0 aromatic carbocycles. The summed E-state index contributed by atoms with van der Waals surface area (Å²) in [4.78, 5) is 4.50. The molecule has 0 amide bonds. The van der Waals surface area contributed by atoms with Crippen LogP contribution in [0.2, 0.25) is 0 Å². The highest BCUT2D eigenvalue weighted by atomic mass is 16.5. The first kappa shape index (κ1) is 16.1. The van der Waals surface area contributed by atoms with E-state index in [0.29, 0.717) is 24.4 Å². The summed E-state index contributed by atoms with van der Waals surface area (Å²) in [6, 6.07) is 0.387. The third-order valence-electron chi connectivity index (χ3n) is 3.55. The maximum Gasteiger partial charge on any atom is 0.228 e. The highest BCUT2D eigenvalue weighted by Gasteiger charge is 2.31. The average molecular weight is 269 g/mol. The van der Waals surface area contributed by atoms with Crippen molar-refractivity contribution in [3.05, 3.63) is 11.7 Å². The summed E-state index contributed by atoms with van der Waals surface area (Å²) in [6.45, 7) is 8.87. The smallest absolute Gasteiger partial charge is 0.228 e. The molecule has 5 nitrogen and oxygen atoms in total. The van der Waals surface area contributed by atoms with E-state index in [9.17, 15) is 0 Å². The van der Waals surface area contributed by atoms with Crippen LogP contribution in [-0.2, 0) is 16.8 Å². The van der Waals surface area contributed by atoms with E-state index in [2.05, 4.69) is 29.3 Å². The third-order valence-corrected chi connectivity index (χ3v) is 3.55. The first-order valence-electron chi connectivity index (χ1n) is 7.23. The van der Waals surface area contributed by atoms with Gasteiger partial charge in [-0.2, -0.15) is 4.98 Å². The summed E-state index contributed by atoms with van der Waals surface area (Å²) in [7, 11) is 1.97. The second-order valence-electron chi connectivity index (χ2n) is 5.01. The SMILES string of the molecule is CCCC(Cc1nc(C(C)(CC)OCC)no1)NC. The van der Waals surface area contributed by atoms with Crippen molar-refractivity contribution in [3.63, 3.8) is 0 Å². The van der Waals surface area contributed by atoms with Crippen LogP contribution in [0.1, 0.15) is 58.7 Å². The van der Waals surface area contributed by atoms with Gasteiger partial charge in [0.25, 0.3) is 0 Å². The highest BCUT2D eigenvalue weighted by molar-refractivity contribution is 5.00. The van der Waals surface area contributed by atoms with Gasteiger partial charge in [-0.15, -0.1) is 0 Å². The maximum atomic E-state index is 5.76. The van der Waals surface area contributed by atoms with Crippen molar-refractivity contribution >= 4 is 0 Å². The van der Waals surface area contributed by atoms with Crippen LogP contribution in [0.4, 0.5) is 0 Å². The monoisotopic (exact) mass is 269 g/mol. The quantitative estimate of drug-likeness (QED) is 0.747. The molecular formula is C14H27N3O2. The summed E-state index contributed by atoms with van der Waals surface area (Å²) in [5.41, 5.74) is -0.448. The molecule has 0 saturated carbocycles. The summed E-state index contributed by atoms with van der Waals surface area (Å²) >= 11 is 0. The molecule has 0 bridgehead atoms. The van der Waals surface area contributed by atoms with Crippen molar-refractivity contribution in [1.29, 1.82) is 0 Å². The average Bonchev–Trinajstić information content (AvgIpc) is 2.87. The number of ether oxygens (including phenoxy) is 1. The Labute approximate surface area is 116 Å². The lowest BCUT2D eigenvalue weighted by molar-refractivity contribution is -0.0403. The highest BCUT2D eigenvalue weighted by Crippen LogP contribution is 2.26. The normalized spacial score (nSPS) is 16.3. The molecule has 0 aliphatic rings. The van der Waals surface area contributed by atoms with Crippen molar-refractivity contribution in [1.82, 2.24) is 15.5 Å². The molecule has 2 unspecified atom stereocenters. The molecule has 1 rings (SSSR count). The molecule has 0 aliphatic heterocycles. The number of nitrogens with zero attached hydrogens (tertiary/aromatic N) is 2. The largest absolute Gasteiger partial charge is 0.367 e. The fraction of sp³-hybridized carbons (Fsp3) is 0.857. The van der Waals surface area contributed by atoms with E-state index in [1.807, 2.05) is 20.9 Å². The number of rotatable bonds is 9. The van der Waals surface area contributed by atoms with Gasteiger partial charge in [0.1, 0.15) is 5.60 Å². The van der Waals surface area contributed by atoms with Gasteiger partial charge >= 0.3 is 0 Å².